The molecule has 0 aliphatic rings. The molecule has 0 aliphatic carbocycles. The molecule has 0 saturated heterocycles. The lowest BCUT2D eigenvalue weighted by Crippen LogP contribution is -2.22. The Morgan fingerprint density at radius 3 is 2.72 bits per heavy atom. The number of aromatic nitrogens is 3. The van der Waals surface area contributed by atoms with Gasteiger partial charge < -0.3 is 4.74 Å². The van der Waals surface area contributed by atoms with Crippen molar-refractivity contribution in [1.29, 1.82) is 0 Å². The fourth-order valence-corrected chi connectivity index (χ4v) is 1.57. The number of ether oxygens (including phenoxy) is 1. The zero-order valence-electron chi connectivity index (χ0n) is 9.51. The molecule has 18 heavy (non-hydrogen) atoms. The molecule has 0 saturated carbocycles. The first-order valence-electron chi connectivity index (χ1n) is 5.10. The van der Waals surface area contributed by atoms with Gasteiger partial charge in [0.25, 0.3) is 0 Å². The Morgan fingerprint density at radius 1 is 1.44 bits per heavy atom. The largest absolute Gasteiger partial charge is 0.464 e. The number of esters is 1. The maximum Gasteiger partial charge on any atom is 0.364 e. The Bertz CT molecular complexity index is 615. The van der Waals surface area contributed by atoms with Crippen molar-refractivity contribution in [2.45, 2.75) is 6.54 Å². The molecule has 0 unspecified atom stereocenters. The molecule has 2 aromatic rings. The fourth-order valence-electron chi connectivity index (χ4n) is 1.44. The van der Waals surface area contributed by atoms with Crippen molar-refractivity contribution in [3.8, 4) is 0 Å². The third-order valence-corrected chi connectivity index (χ3v) is 2.61. The van der Waals surface area contributed by atoms with E-state index in [1.54, 1.807) is 24.3 Å². The van der Waals surface area contributed by atoms with Crippen LogP contribution >= 0.6 is 11.6 Å². The van der Waals surface area contributed by atoms with Gasteiger partial charge in [-0.1, -0.05) is 23.7 Å². The van der Waals surface area contributed by atoms with Crippen LogP contribution in [0.4, 0.5) is 0 Å². The van der Waals surface area contributed by atoms with E-state index < -0.39 is 11.5 Å². The van der Waals surface area contributed by atoms with Gasteiger partial charge in [0.2, 0.25) is 5.69 Å². The predicted octanol–water partition coefficient (Wildman–Crippen LogP) is 1.06. The first-order chi connectivity index (χ1) is 8.61. The molecule has 7 heteroatoms. The summed E-state index contributed by atoms with van der Waals surface area (Å²) in [6, 6.07) is 7.01. The van der Waals surface area contributed by atoms with Crippen molar-refractivity contribution < 1.29 is 9.53 Å². The molecule has 6 nitrogen and oxygen atoms in total. The molecule has 0 fully saturated rings. The summed E-state index contributed by atoms with van der Waals surface area (Å²) >= 11 is 5.76. The molecule has 0 radical (unpaired) electrons. The number of carbonyl (C=O) groups is 1. The van der Waals surface area contributed by atoms with E-state index >= 15 is 0 Å². The molecule has 94 valence electrons. The Kier molecular flexibility index (Phi) is 3.47. The Labute approximate surface area is 107 Å². The van der Waals surface area contributed by atoms with Gasteiger partial charge in [0.05, 0.1) is 13.7 Å². The number of methoxy groups -OCH3 is 1. The van der Waals surface area contributed by atoms with E-state index in [1.165, 1.54) is 11.8 Å². The number of aromatic amines is 1. The normalized spacial score (nSPS) is 10.3. The summed E-state index contributed by atoms with van der Waals surface area (Å²) in [7, 11) is 1.19. The number of hydrogen-bond donors (Lipinski definition) is 1. The molecule has 0 amide bonds. The topological polar surface area (TPSA) is 77.0 Å². The van der Waals surface area contributed by atoms with E-state index in [9.17, 15) is 9.59 Å². The molecule has 0 aliphatic heterocycles. The minimum absolute atomic E-state index is 0.258. The van der Waals surface area contributed by atoms with Gasteiger partial charge in [-0.25, -0.2) is 14.7 Å². The molecule has 0 atom stereocenters. The average molecular weight is 268 g/mol. The highest BCUT2D eigenvalue weighted by molar-refractivity contribution is 6.30. The summed E-state index contributed by atoms with van der Waals surface area (Å²) in [5.74, 6) is -0.758. The number of benzene rings is 1. The molecule has 2 rings (SSSR count). The van der Waals surface area contributed by atoms with Gasteiger partial charge in [-0.15, -0.1) is 5.10 Å². The van der Waals surface area contributed by atoms with Crippen LogP contribution in [0.25, 0.3) is 0 Å². The SMILES string of the molecule is COC(=O)c1n[nH]n(Cc2ccc(Cl)cc2)c1=O. The van der Waals surface area contributed by atoms with Crippen LogP contribution in [0.5, 0.6) is 0 Å². The number of hydrogen-bond acceptors (Lipinski definition) is 4. The van der Waals surface area contributed by atoms with Crippen LogP contribution in [0, 0.1) is 0 Å². The number of rotatable bonds is 3. The van der Waals surface area contributed by atoms with E-state index in [0.717, 1.165) is 5.56 Å². The van der Waals surface area contributed by atoms with E-state index in [1.807, 2.05) is 0 Å². The quantitative estimate of drug-likeness (QED) is 0.844. The monoisotopic (exact) mass is 267 g/mol. The second kappa shape index (κ2) is 5.05. The van der Waals surface area contributed by atoms with Crippen LogP contribution in [-0.4, -0.2) is 28.1 Å². The first-order valence-corrected chi connectivity index (χ1v) is 5.47. The van der Waals surface area contributed by atoms with Gasteiger partial charge in [0.15, 0.2) is 0 Å². The smallest absolute Gasteiger partial charge is 0.364 e. The summed E-state index contributed by atoms with van der Waals surface area (Å²) < 4.78 is 5.66. The third kappa shape index (κ3) is 2.43. The third-order valence-electron chi connectivity index (χ3n) is 2.36. The number of H-pyrrole nitrogens is 1. The standard InChI is InChI=1S/C11H10ClN3O3/c1-18-11(17)9-10(16)15(14-13-9)6-7-2-4-8(12)5-3-7/h2-5,14H,6H2,1H3. The average Bonchev–Trinajstić information content (AvgIpc) is 2.73. The van der Waals surface area contributed by atoms with Crippen LogP contribution in [0.1, 0.15) is 16.1 Å². The lowest BCUT2D eigenvalue weighted by molar-refractivity contribution is 0.0592. The van der Waals surface area contributed by atoms with Crippen molar-refractivity contribution in [1.82, 2.24) is 15.0 Å². The first kappa shape index (κ1) is 12.4. The van der Waals surface area contributed by atoms with E-state index in [-0.39, 0.29) is 12.2 Å². The van der Waals surface area contributed by atoms with Gasteiger partial charge in [-0.05, 0) is 17.7 Å². The molecular weight excluding hydrogens is 258 g/mol. The van der Waals surface area contributed by atoms with Crippen LogP contribution in [0.3, 0.4) is 0 Å². The van der Waals surface area contributed by atoms with Crippen LogP contribution in [-0.2, 0) is 11.3 Å². The van der Waals surface area contributed by atoms with Gasteiger partial charge in [-0.2, -0.15) is 0 Å². The lowest BCUT2D eigenvalue weighted by Gasteiger charge is -2.00. The number of halogens is 1. The summed E-state index contributed by atoms with van der Waals surface area (Å²) in [5, 5.41) is 6.71. The second-order valence-electron chi connectivity index (χ2n) is 3.57. The predicted molar refractivity (Wildman–Crippen MR) is 64.7 cm³/mol. The Balaban J connectivity index is 2.25. The zero-order chi connectivity index (χ0) is 13.1. The molecule has 1 aromatic heterocycles. The van der Waals surface area contributed by atoms with E-state index in [2.05, 4.69) is 15.0 Å². The van der Waals surface area contributed by atoms with Crippen molar-refractivity contribution in [2.75, 3.05) is 7.11 Å². The highest BCUT2D eigenvalue weighted by Gasteiger charge is 2.16. The molecule has 0 bridgehead atoms. The summed E-state index contributed by atoms with van der Waals surface area (Å²) in [6.45, 7) is 0.278. The lowest BCUT2D eigenvalue weighted by atomic mass is 10.2. The summed E-state index contributed by atoms with van der Waals surface area (Å²) in [4.78, 5) is 23.0. The maximum absolute atomic E-state index is 11.8. The van der Waals surface area contributed by atoms with Gasteiger partial charge in [0.1, 0.15) is 0 Å². The minimum atomic E-state index is -0.758. The summed E-state index contributed by atoms with van der Waals surface area (Å²) in [6.07, 6.45) is 0. The van der Waals surface area contributed by atoms with Crippen molar-refractivity contribution >= 4 is 17.6 Å². The van der Waals surface area contributed by atoms with Gasteiger partial charge in [0, 0.05) is 5.02 Å². The highest BCUT2D eigenvalue weighted by Crippen LogP contribution is 2.09. The van der Waals surface area contributed by atoms with Crippen molar-refractivity contribution in [3.63, 3.8) is 0 Å². The zero-order valence-corrected chi connectivity index (χ0v) is 10.3. The van der Waals surface area contributed by atoms with Crippen molar-refractivity contribution in [2.24, 2.45) is 0 Å². The highest BCUT2D eigenvalue weighted by atomic mass is 35.5. The molecule has 0 spiro atoms. The molecule has 1 aromatic carbocycles. The van der Waals surface area contributed by atoms with Crippen molar-refractivity contribution in [3.05, 3.63) is 50.9 Å². The minimum Gasteiger partial charge on any atom is -0.464 e. The number of nitrogens with one attached hydrogen (secondary N) is 1. The second-order valence-corrected chi connectivity index (χ2v) is 4.01. The Hall–Kier alpha value is -2.08. The number of carbonyl (C=O) groups excluding carboxylic acids is 1. The summed E-state index contributed by atoms with van der Waals surface area (Å²) in [5.41, 5.74) is 0.0878. The molecule has 1 heterocycles. The van der Waals surface area contributed by atoms with Gasteiger partial charge >= 0.3 is 11.5 Å². The fraction of sp³-hybridized carbons (Fsp3) is 0.182. The molecular formula is C11H10ClN3O3. The van der Waals surface area contributed by atoms with E-state index in [0.29, 0.717) is 5.02 Å². The maximum atomic E-state index is 11.8. The molecule has 1 N–H and O–H groups in total. The van der Waals surface area contributed by atoms with Crippen LogP contribution in [0.2, 0.25) is 5.02 Å². The van der Waals surface area contributed by atoms with Gasteiger partial charge in [-0.3, -0.25) is 4.79 Å². The van der Waals surface area contributed by atoms with Crippen LogP contribution < -0.4 is 5.56 Å². The number of nitrogens with zero attached hydrogens (tertiary/aromatic N) is 2. The van der Waals surface area contributed by atoms with E-state index in [4.69, 9.17) is 11.6 Å². The van der Waals surface area contributed by atoms with Crippen LogP contribution in [0.15, 0.2) is 29.1 Å². The Morgan fingerprint density at radius 2 is 2.11 bits per heavy atom.